The molecule has 2 aliphatic heterocycles. The van der Waals surface area contributed by atoms with Gasteiger partial charge in [-0.25, -0.2) is 0 Å². The molecule has 3 aliphatic rings. The molecule has 3 fully saturated rings. The van der Waals surface area contributed by atoms with Gasteiger partial charge in [0.25, 0.3) is 0 Å². The van der Waals surface area contributed by atoms with E-state index in [0.717, 1.165) is 0 Å². The molecule has 1 saturated carbocycles. The number of carbonyl (C=O) groups is 1. The molecule has 2 heterocycles. The lowest BCUT2D eigenvalue weighted by molar-refractivity contribution is -0.209. The molecule has 0 aromatic carbocycles. The van der Waals surface area contributed by atoms with Gasteiger partial charge < -0.3 is 14.6 Å². The van der Waals surface area contributed by atoms with Gasteiger partial charge in [-0.3, -0.25) is 4.79 Å². The number of epoxide rings is 1. The maximum absolute atomic E-state index is 11.7. The van der Waals surface area contributed by atoms with E-state index in [9.17, 15) is 9.90 Å². The van der Waals surface area contributed by atoms with Crippen molar-refractivity contribution in [2.24, 2.45) is 5.41 Å². The highest BCUT2D eigenvalue weighted by Gasteiger charge is 2.82. The molecular weight excluding hydrogens is 208 g/mol. The zero-order valence-electron chi connectivity index (χ0n) is 9.53. The highest BCUT2D eigenvalue weighted by molar-refractivity contribution is 5.86. The molecule has 1 aliphatic carbocycles. The van der Waals surface area contributed by atoms with Crippen molar-refractivity contribution in [2.75, 3.05) is 6.61 Å². The molecular formula is C12H16O4. The summed E-state index contributed by atoms with van der Waals surface area (Å²) in [7, 11) is 0. The van der Waals surface area contributed by atoms with Crippen LogP contribution in [0.15, 0.2) is 11.6 Å². The lowest BCUT2D eigenvalue weighted by atomic mass is 9.75. The first-order valence-electron chi connectivity index (χ1n) is 5.68. The number of hydrogen-bond donors (Lipinski definition) is 1. The Morgan fingerprint density at radius 1 is 1.62 bits per heavy atom. The maximum Gasteiger partial charge on any atom is 0.319 e. The van der Waals surface area contributed by atoms with Crippen LogP contribution in [0.5, 0.6) is 0 Å². The van der Waals surface area contributed by atoms with Gasteiger partial charge in [0.2, 0.25) is 0 Å². The fourth-order valence-corrected chi connectivity index (χ4v) is 3.04. The first kappa shape index (κ1) is 10.3. The van der Waals surface area contributed by atoms with Crippen LogP contribution in [0.4, 0.5) is 0 Å². The summed E-state index contributed by atoms with van der Waals surface area (Å²) in [6, 6.07) is 0. The number of hydrogen-bond acceptors (Lipinski definition) is 4. The van der Waals surface area contributed by atoms with Gasteiger partial charge in [-0.05, 0) is 20.3 Å². The molecule has 0 aromatic rings. The highest BCUT2D eigenvalue weighted by Crippen LogP contribution is 2.66. The fraction of sp³-hybridized carbons (Fsp3) is 0.750. The predicted octanol–water partition coefficient (Wildman–Crippen LogP) is 0.788. The Hall–Kier alpha value is -0.870. The quantitative estimate of drug-likeness (QED) is 0.437. The highest BCUT2D eigenvalue weighted by atomic mass is 16.7. The Morgan fingerprint density at radius 2 is 2.38 bits per heavy atom. The van der Waals surface area contributed by atoms with Crippen LogP contribution in [0, 0.1) is 5.41 Å². The number of fused-ring (bicyclic) bond motifs is 3. The Labute approximate surface area is 94.2 Å². The number of ether oxygens (including phenoxy) is 2. The number of esters is 1. The van der Waals surface area contributed by atoms with Gasteiger partial charge in [-0.15, -0.1) is 0 Å². The van der Waals surface area contributed by atoms with Crippen LogP contribution >= 0.6 is 0 Å². The SMILES string of the molecule is CC(C)=CC[C@]12C(=O)O[C@H]1C[C@]1(CO)OC12. The fourth-order valence-electron chi connectivity index (χ4n) is 3.04. The van der Waals surface area contributed by atoms with Gasteiger partial charge in [-0.2, -0.15) is 0 Å². The van der Waals surface area contributed by atoms with Crippen molar-refractivity contribution in [3.8, 4) is 0 Å². The summed E-state index contributed by atoms with van der Waals surface area (Å²) in [6.07, 6.45) is 3.19. The van der Waals surface area contributed by atoms with Crippen molar-refractivity contribution >= 4 is 5.97 Å². The third-order valence-corrected chi connectivity index (χ3v) is 4.09. The van der Waals surface area contributed by atoms with E-state index in [2.05, 4.69) is 6.08 Å². The predicted molar refractivity (Wildman–Crippen MR) is 55.7 cm³/mol. The molecule has 2 saturated heterocycles. The Kier molecular flexibility index (Phi) is 1.85. The van der Waals surface area contributed by atoms with Crippen LogP contribution in [0.3, 0.4) is 0 Å². The lowest BCUT2D eigenvalue weighted by Gasteiger charge is -2.42. The van der Waals surface area contributed by atoms with Crippen LogP contribution in [-0.4, -0.2) is 35.5 Å². The van der Waals surface area contributed by atoms with E-state index < -0.39 is 11.0 Å². The van der Waals surface area contributed by atoms with E-state index >= 15 is 0 Å². The van der Waals surface area contributed by atoms with E-state index in [1.807, 2.05) is 13.8 Å². The molecule has 1 unspecified atom stereocenters. The molecule has 1 N–H and O–H groups in total. The summed E-state index contributed by atoms with van der Waals surface area (Å²) in [5, 5.41) is 9.30. The molecule has 0 amide bonds. The van der Waals surface area contributed by atoms with E-state index in [-0.39, 0.29) is 24.8 Å². The van der Waals surface area contributed by atoms with Crippen LogP contribution in [-0.2, 0) is 14.3 Å². The van der Waals surface area contributed by atoms with Gasteiger partial charge >= 0.3 is 5.97 Å². The second-order valence-electron chi connectivity index (χ2n) is 5.34. The van der Waals surface area contributed by atoms with Crippen LogP contribution in [0.1, 0.15) is 26.7 Å². The second kappa shape index (κ2) is 2.87. The molecule has 4 nitrogen and oxygen atoms in total. The summed E-state index contributed by atoms with van der Waals surface area (Å²) < 4.78 is 10.7. The third-order valence-electron chi connectivity index (χ3n) is 4.09. The number of rotatable bonds is 3. The Bertz CT molecular complexity index is 384. The van der Waals surface area contributed by atoms with Gasteiger partial charge in [0.05, 0.1) is 6.61 Å². The zero-order valence-corrected chi connectivity index (χ0v) is 9.53. The van der Waals surface area contributed by atoms with Crippen molar-refractivity contribution in [3.05, 3.63) is 11.6 Å². The van der Waals surface area contributed by atoms with Crippen molar-refractivity contribution in [3.63, 3.8) is 0 Å². The summed E-state index contributed by atoms with van der Waals surface area (Å²) in [5.74, 6) is -0.159. The topological polar surface area (TPSA) is 59.1 Å². The molecule has 88 valence electrons. The molecule has 0 bridgehead atoms. The number of aliphatic hydroxyl groups excluding tert-OH is 1. The van der Waals surface area contributed by atoms with Gasteiger partial charge in [0, 0.05) is 6.42 Å². The second-order valence-corrected chi connectivity index (χ2v) is 5.34. The molecule has 4 atom stereocenters. The number of carbonyl (C=O) groups excluding carboxylic acids is 1. The summed E-state index contributed by atoms with van der Waals surface area (Å²) >= 11 is 0. The molecule has 16 heavy (non-hydrogen) atoms. The van der Waals surface area contributed by atoms with Crippen molar-refractivity contribution < 1.29 is 19.4 Å². The normalized spacial score (nSPS) is 47.6. The van der Waals surface area contributed by atoms with E-state index in [1.54, 1.807) is 0 Å². The smallest absolute Gasteiger partial charge is 0.319 e. The maximum atomic E-state index is 11.7. The van der Waals surface area contributed by atoms with Crippen LogP contribution in [0.2, 0.25) is 0 Å². The van der Waals surface area contributed by atoms with Crippen molar-refractivity contribution in [2.45, 2.75) is 44.5 Å². The summed E-state index contributed by atoms with van der Waals surface area (Å²) in [6.45, 7) is 4.01. The Balaban J connectivity index is 1.87. The summed E-state index contributed by atoms with van der Waals surface area (Å²) in [4.78, 5) is 11.7. The van der Waals surface area contributed by atoms with Crippen molar-refractivity contribution in [1.29, 1.82) is 0 Å². The van der Waals surface area contributed by atoms with Crippen LogP contribution < -0.4 is 0 Å². The minimum Gasteiger partial charge on any atom is -0.460 e. The van der Waals surface area contributed by atoms with Crippen LogP contribution in [0.25, 0.3) is 0 Å². The molecule has 0 spiro atoms. The van der Waals surface area contributed by atoms with Gasteiger partial charge in [-0.1, -0.05) is 11.6 Å². The first-order chi connectivity index (χ1) is 7.55. The molecule has 0 aromatic heterocycles. The van der Waals surface area contributed by atoms with E-state index in [1.165, 1.54) is 5.57 Å². The first-order valence-corrected chi connectivity index (χ1v) is 5.68. The van der Waals surface area contributed by atoms with Gasteiger partial charge in [0.15, 0.2) is 0 Å². The Morgan fingerprint density at radius 3 is 2.94 bits per heavy atom. The number of aliphatic hydroxyl groups is 1. The summed E-state index contributed by atoms with van der Waals surface area (Å²) in [5.41, 5.74) is 0.210. The average Bonchev–Trinajstić information content (AvgIpc) is 2.88. The van der Waals surface area contributed by atoms with Gasteiger partial charge in [0.1, 0.15) is 23.2 Å². The zero-order chi connectivity index (χ0) is 11.6. The van der Waals surface area contributed by atoms with E-state index in [4.69, 9.17) is 9.47 Å². The average molecular weight is 224 g/mol. The van der Waals surface area contributed by atoms with Crippen molar-refractivity contribution in [1.82, 2.24) is 0 Å². The lowest BCUT2D eigenvalue weighted by Crippen LogP contribution is -2.56. The monoisotopic (exact) mass is 224 g/mol. The largest absolute Gasteiger partial charge is 0.460 e. The number of allylic oxidation sites excluding steroid dienone is 2. The third kappa shape index (κ3) is 0.992. The standard InChI is InChI=1S/C12H16O4/c1-7(2)3-4-12-8(15-10(12)14)5-11(6-13)9(12)16-11/h3,8-9,13H,4-6H2,1-2H3/t8-,9?,11+,12-/m0/s1. The molecule has 3 rings (SSSR count). The molecule has 0 radical (unpaired) electrons. The molecule has 4 heteroatoms. The minimum absolute atomic E-state index is 0.0125. The minimum atomic E-state index is -0.500. The van der Waals surface area contributed by atoms with E-state index in [0.29, 0.717) is 12.8 Å².